The van der Waals surface area contributed by atoms with Gasteiger partial charge in [0.1, 0.15) is 0 Å². The second-order valence-corrected chi connectivity index (χ2v) is 5.75. The summed E-state index contributed by atoms with van der Waals surface area (Å²) in [6.45, 7) is 0. The molecule has 1 aromatic heterocycles. The number of nitrogens with two attached hydrogens (primary N) is 1. The first-order chi connectivity index (χ1) is 10.1. The van der Waals surface area contributed by atoms with E-state index in [0.29, 0.717) is 16.1 Å². The number of aromatic nitrogens is 2. The summed E-state index contributed by atoms with van der Waals surface area (Å²) in [7, 11) is 0. The van der Waals surface area contributed by atoms with E-state index in [1.807, 2.05) is 0 Å². The predicted octanol–water partition coefficient (Wildman–Crippen LogP) is 1.81. The molecule has 0 aliphatic heterocycles. The number of nitrogens with zero attached hydrogens (tertiary/aromatic N) is 2. The molecule has 0 saturated heterocycles. The van der Waals surface area contributed by atoms with E-state index in [-0.39, 0.29) is 17.9 Å². The van der Waals surface area contributed by atoms with E-state index in [1.165, 1.54) is 0 Å². The van der Waals surface area contributed by atoms with Crippen LogP contribution in [0.5, 0.6) is 0 Å². The van der Waals surface area contributed by atoms with E-state index in [9.17, 15) is 4.79 Å². The molecule has 21 heavy (non-hydrogen) atoms. The Labute approximate surface area is 128 Å². The maximum atomic E-state index is 12.4. The highest BCUT2D eigenvalue weighted by Gasteiger charge is 2.30. The van der Waals surface area contributed by atoms with Gasteiger partial charge in [-0.3, -0.25) is 14.8 Å². The van der Waals surface area contributed by atoms with Gasteiger partial charge in [0.25, 0.3) is 5.91 Å². The highest BCUT2D eigenvalue weighted by Crippen LogP contribution is 2.26. The fraction of sp³-hybridized carbons (Fsp3) is 0.333. The number of hydrogen-bond acceptors (Lipinski definition) is 4. The van der Waals surface area contributed by atoms with E-state index in [0.717, 1.165) is 24.8 Å². The molecule has 1 heterocycles. The molecule has 1 aromatic carbocycles. The third-order valence-electron chi connectivity index (χ3n) is 3.93. The number of benzene rings is 1. The predicted molar refractivity (Wildman–Crippen MR) is 84.9 cm³/mol. The molecule has 1 aliphatic carbocycles. The first kappa shape index (κ1) is 13.9. The van der Waals surface area contributed by atoms with Crippen LogP contribution in [0.3, 0.4) is 0 Å². The summed E-state index contributed by atoms with van der Waals surface area (Å²) < 4.78 is 0. The average molecular weight is 300 g/mol. The average Bonchev–Trinajstić information content (AvgIpc) is 2.95. The number of fused-ring (bicyclic) bond motifs is 1. The number of hydrogen-bond donors (Lipinski definition) is 2. The van der Waals surface area contributed by atoms with Crippen molar-refractivity contribution in [3.8, 4) is 0 Å². The summed E-state index contributed by atoms with van der Waals surface area (Å²) in [5, 5.41) is 3.04. The van der Waals surface area contributed by atoms with Gasteiger partial charge < -0.3 is 11.1 Å². The van der Waals surface area contributed by atoms with E-state index < -0.39 is 0 Å². The van der Waals surface area contributed by atoms with Crippen molar-refractivity contribution in [3.63, 3.8) is 0 Å². The SMILES string of the molecule is NC(=S)C1CCCC1NC(=O)c1ccc2nccnc2c1. The lowest BCUT2D eigenvalue weighted by molar-refractivity contribution is 0.0934. The largest absolute Gasteiger partial charge is 0.393 e. The zero-order valence-electron chi connectivity index (χ0n) is 11.5. The number of carbonyl (C=O) groups excluding carboxylic acids is 1. The molecule has 2 atom stereocenters. The van der Waals surface area contributed by atoms with Gasteiger partial charge in [0.15, 0.2) is 0 Å². The Bertz CT molecular complexity index is 703. The van der Waals surface area contributed by atoms with Crippen molar-refractivity contribution >= 4 is 34.1 Å². The van der Waals surface area contributed by atoms with Gasteiger partial charge in [-0.15, -0.1) is 0 Å². The summed E-state index contributed by atoms with van der Waals surface area (Å²) in [6, 6.07) is 5.35. The smallest absolute Gasteiger partial charge is 0.251 e. The topological polar surface area (TPSA) is 80.9 Å². The van der Waals surface area contributed by atoms with Crippen LogP contribution in [0.25, 0.3) is 11.0 Å². The Morgan fingerprint density at radius 3 is 2.76 bits per heavy atom. The van der Waals surface area contributed by atoms with Crippen molar-refractivity contribution in [2.75, 3.05) is 0 Å². The molecule has 108 valence electrons. The van der Waals surface area contributed by atoms with Crippen LogP contribution in [0.4, 0.5) is 0 Å². The van der Waals surface area contributed by atoms with Gasteiger partial charge in [0.2, 0.25) is 0 Å². The normalized spacial score (nSPS) is 21.3. The summed E-state index contributed by atoms with van der Waals surface area (Å²) in [6.07, 6.45) is 6.15. The molecular formula is C15H16N4OS. The van der Waals surface area contributed by atoms with E-state index in [2.05, 4.69) is 15.3 Å². The minimum absolute atomic E-state index is 0.0348. The summed E-state index contributed by atoms with van der Waals surface area (Å²) in [5.74, 6) is -0.0140. The van der Waals surface area contributed by atoms with Crippen LogP contribution in [0.15, 0.2) is 30.6 Å². The van der Waals surface area contributed by atoms with Crippen LogP contribution < -0.4 is 11.1 Å². The van der Waals surface area contributed by atoms with Gasteiger partial charge >= 0.3 is 0 Å². The van der Waals surface area contributed by atoms with Crippen LogP contribution in [-0.2, 0) is 0 Å². The van der Waals surface area contributed by atoms with Gasteiger partial charge in [0, 0.05) is 29.9 Å². The number of thiocarbonyl (C=S) groups is 1. The molecule has 1 saturated carbocycles. The van der Waals surface area contributed by atoms with Crippen molar-refractivity contribution in [2.45, 2.75) is 25.3 Å². The molecule has 0 bridgehead atoms. The Hall–Kier alpha value is -2.08. The summed E-state index contributed by atoms with van der Waals surface area (Å²) in [5.41, 5.74) is 7.80. The maximum Gasteiger partial charge on any atom is 0.251 e. The second kappa shape index (κ2) is 5.73. The van der Waals surface area contributed by atoms with E-state index in [4.69, 9.17) is 18.0 Å². The fourth-order valence-corrected chi connectivity index (χ4v) is 3.11. The van der Waals surface area contributed by atoms with Crippen LogP contribution >= 0.6 is 12.2 Å². The Morgan fingerprint density at radius 2 is 2.00 bits per heavy atom. The maximum absolute atomic E-state index is 12.4. The first-order valence-electron chi connectivity index (χ1n) is 6.96. The molecule has 6 heteroatoms. The number of nitrogens with one attached hydrogen (secondary N) is 1. The Morgan fingerprint density at radius 1 is 1.24 bits per heavy atom. The van der Waals surface area contributed by atoms with Crippen molar-refractivity contribution in [1.82, 2.24) is 15.3 Å². The van der Waals surface area contributed by atoms with Gasteiger partial charge in [0.05, 0.1) is 16.0 Å². The van der Waals surface area contributed by atoms with E-state index >= 15 is 0 Å². The van der Waals surface area contributed by atoms with Gasteiger partial charge in [-0.2, -0.15) is 0 Å². The standard InChI is InChI=1S/C15H16N4OS/c16-14(21)10-2-1-3-11(10)19-15(20)9-4-5-12-13(8-9)18-7-6-17-12/h4-8,10-11H,1-3H2,(H2,16,21)(H,19,20). The van der Waals surface area contributed by atoms with Crippen LogP contribution in [-0.4, -0.2) is 26.9 Å². The fourth-order valence-electron chi connectivity index (χ4n) is 2.83. The quantitative estimate of drug-likeness (QED) is 0.845. The Kier molecular flexibility index (Phi) is 3.79. The van der Waals surface area contributed by atoms with Gasteiger partial charge in [-0.1, -0.05) is 18.6 Å². The minimum Gasteiger partial charge on any atom is -0.393 e. The van der Waals surface area contributed by atoms with Crippen molar-refractivity contribution in [2.24, 2.45) is 11.7 Å². The molecule has 2 unspecified atom stereocenters. The minimum atomic E-state index is -0.115. The lowest BCUT2D eigenvalue weighted by atomic mass is 10.0. The summed E-state index contributed by atoms with van der Waals surface area (Å²) in [4.78, 5) is 21.3. The lowest BCUT2D eigenvalue weighted by Crippen LogP contribution is -2.41. The third-order valence-corrected chi connectivity index (χ3v) is 4.23. The molecule has 1 fully saturated rings. The van der Waals surface area contributed by atoms with Gasteiger partial charge in [-0.05, 0) is 31.0 Å². The number of rotatable bonds is 3. The van der Waals surface area contributed by atoms with Crippen molar-refractivity contribution < 1.29 is 4.79 Å². The number of amides is 1. The molecule has 2 aromatic rings. The monoisotopic (exact) mass is 300 g/mol. The highest BCUT2D eigenvalue weighted by molar-refractivity contribution is 7.80. The van der Waals surface area contributed by atoms with Crippen LogP contribution in [0, 0.1) is 5.92 Å². The zero-order chi connectivity index (χ0) is 14.8. The van der Waals surface area contributed by atoms with Gasteiger partial charge in [-0.25, -0.2) is 0 Å². The first-order valence-corrected chi connectivity index (χ1v) is 7.37. The molecule has 0 spiro atoms. The van der Waals surface area contributed by atoms with Crippen molar-refractivity contribution in [1.29, 1.82) is 0 Å². The number of carbonyl (C=O) groups is 1. The molecular weight excluding hydrogens is 284 g/mol. The highest BCUT2D eigenvalue weighted by atomic mass is 32.1. The van der Waals surface area contributed by atoms with Crippen molar-refractivity contribution in [3.05, 3.63) is 36.2 Å². The molecule has 5 nitrogen and oxygen atoms in total. The second-order valence-electron chi connectivity index (χ2n) is 5.28. The van der Waals surface area contributed by atoms with Crippen LogP contribution in [0.1, 0.15) is 29.6 Å². The summed E-state index contributed by atoms with van der Waals surface area (Å²) >= 11 is 5.07. The lowest BCUT2D eigenvalue weighted by Gasteiger charge is -2.19. The zero-order valence-corrected chi connectivity index (χ0v) is 12.3. The molecule has 0 radical (unpaired) electrons. The third kappa shape index (κ3) is 2.85. The Balaban J connectivity index is 1.79. The molecule has 3 N–H and O–H groups in total. The van der Waals surface area contributed by atoms with Crippen LogP contribution in [0.2, 0.25) is 0 Å². The molecule has 3 rings (SSSR count). The molecule has 1 aliphatic rings. The van der Waals surface area contributed by atoms with E-state index in [1.54, 1.807) is 30.6 Å². The molecule has 1 amide bonds.